The summed E-state index contributed by atoms with van der Waals surface area (Å²) in [6, 6.07) is 0. The molecular weight excluding hydrogens is 228 g/mol. The summed E-state index contributed by atoms with van der Waals surface area (Å²) in [5.41, 5.74) is 6.99. The largest absolute Gasteiger partial charge is 0.369 e. The van der Waals surface area contributed by atoms with E-state index in [1.807, 2.05) is 6.20 Å². The lowest BCUT2D eigenvalue weighted by Gasteiger charge is -2.27. The highest BCUT2D eigenvalue weighted by atomic mass is 16.1. The number of rotatable bonds is 4. The van der Waals surface area contributed by atoms with Crippen molar-refractivity contribution in [2.45, 2.75) is 45.4 Å². The van der Waals surface area contributed by atoms with E-state index >= 15 is 0 Å². The highest BCUT2D eigenvalue weighted by Gasteiger charge is 2.28. The van der Waals surface area contributed by atoms with Crippen LogP contribution in [0.2, 0.25) is 0 Å². The number of nitrogens with zero attached hydrogens (tertiary/aromatic N) is 1. The molecule has 2 heterocycles. The number of aromatic nitrogens is 3. The van der Waals surface area contributed by atoms with Gasteiger partial charge in [-0.05, 0) is 23.8 Å². The number of aromatic amines is 2. The lowest BCUT2D eigenvalue weighted by Crippen LogP contribution is -2.22. The number of nitrogen functional groups attached to an aromatic ring is 1. The molecule has 0 amide bonds. The zero-order valence-electron chi connectivity index (χ0n) is 11.1. The molecule has 0 saturated heterocycles. The van der Waals surface area contributed by atoms with E-state index < -0.39 is 0 Å². The molecule has 4 N–H and O–H groups in total. The number of hydrogen-bond acceptors (Lipinski definition) is 3. The number of H-pyrrole nitrogens is 2. The van der Waals surface area contributed by atoms with Crippen molar-refractivity contribution in [1.82, 2.24) is 15.0 Å². The van der Waals surface area contributed by atoms with Gasteiger partial charge in [0.25, 0.3) is 5.56 Å². The SMILES string of the molecule is CCCC(C)(CC)c1c[nH]c2[nH]c(N)nc(=O)c12. The first-order valence-corrected chi connectivity index (χ1v) is 6.39. The standard InChI is InChI=1S/C13H20N4O/c1-4-6-13(3,5-2)8-7-15-10-9(8)11(18)17-12(14)16-10/h7H,4-6H2,1-3H3,(H4,14,15,16,17,18). The van der Waals surface area contributed by atoms with Crippen LogP contribution in [-0.4, -0.2) is 15.0 Å². The van der Waals surface area contributed by atoms with E-state index in [1.54, 1.807) is 0 Å². The van der Waals surface area contributed by atoms with Gasteiger partial charge in [0.2, 0.25) is 5.95 Å². The average molecular weight is 248 g/mol. The van der Waals surface area contributed by atoms with Crippen LogP contribution in [0.4, 0.5) is 5.95 Å². The van der Waals surface area contributed by atoms with Gasteiger partial charge in [-0.15, -0.1) is 0 Å². The van der Waals surface area contributed by atoms with Gasteiger partial charge in [0.15, 0.2) is 0 Å². The molecule has 5 heteroatoms. The van der Waals surface area contributed by atoms with Crippen molar-refractivity contribution < 1.29 is 0 Å². The highest BCUT2D eigenvalue weighted by molar-refractivity contribution is 5.80. The predicted octanol–water partition coefficient (Wildman–Crippen LogP) is 2.30. The van der Waals surface area contributed by atoms with Crippen LogP contribution in [0.3, 0.4) is 0 Å². The fourth-order valence-corrected chi connectivity index (χ4v) is 2.60. The van der Waals surface area contributed by atoms with Gasteiger partial charge in [0.1, 0.15) is 5.65 Å². The predicted molar refractivity (Wildman–Crippen MR) is 73.7 cm³/mol. The van der Waals surface area contributed by atoms with Crippen molar-refractivity contribution in [2.24, 2.45) is 0 Å². The molecule has 18 heavy (non-hydrogen) atoms. The lowest BCUT2D eigenvalue weighted by atomic mass is 9.77. The molecule has 2 aromatic rings. The summed E-state index contributed by atoms with van der Waals surface area (Å²) in [7, 11) is 0. The van der Waals surface area contributed by atoms with Crippen molar-refractivity contribution in [3.8, 4) is 0 Å². The first kappa shape index (κ1) is 12.7. The number of anilines is 1. The third-order valence-corrected chi connectivity index (χ3v) is 3.80. The Kier molecular flexibility index (Phi) is 3.15. The van der Waals surface area contributed by atoms with Gasteiger partial charge < -0.3 is 15.7 Å². The lowest BCUT2D eigenvalue weighted by molar-refractivity contribution is 0.417. The molecule has 0 aliphatic rings. The van der Waals surface area contributed by atoms with Gasteiger partial charge in [-0.2, -0.15) is 4.98 Å². The summed E-state index contributed by atoms with van der Waals surface area (Å²) in [6.07, 6.45) is 5.01. The minimum Gasteiger partial charge on any atom is -0.369 e. The van der Waals surface area contributed by atoms with Gasteiger partial charge in [-0.1, -0.05) is 27.2 Å². The fraction of sp³-hybridized carbons (Fsp3) is 0.538. The topological polar surface area (TPSA) is 87.6 Å². The summed E-state index contributed by atoms with van der Waals surface area (Å²) in [5.74, 6) is 0.148. The van der Waals surface area contributed by atoms with Gasteiger partial charge in [-0.3, -0.25) is 4.79 Å². The van der Waals surface area contributed by atoms with Gasteiger partial charge in [0.05, 0.1) is 5.39 Å². The van der Waals surface area contributed by atoms with E-state index in [2.05, 4.69) is 35.7 Å². The fourth-order valence-electron chi connectivity index (χ4n) is 2.60. The Morgan fingerprint density at radius 1 is 1.44 bits per heavy atom. The van der Waals surface area contributed by atoms with Crippen LogP contribution in [0, 0.1) is 0 Å². The van der Waals surface area contributed by atoms with Crippen LogP contribution in [0.5, 0.6) is 0 Å². The second-order valence-electron chi connectivity index (χ2n) is 5.04. The molecule has 0 aliphatic heterocycles. The maximum atomic E-state index is 12.0. The van der Waals surface area contributed by atoms with Crippen molar-refractivity contribution in [2.75, 3.05) is 5.73 Å². The van der Waals surface area contributed by atoms with Gasteiger partial charge >= 0.3 is 0 Å². The molecule has 0 aliphatic carbocycles. The summed E-state index contributed by atoms with van der Waals surface area (Å²) in [5, 5.41) is 0.641. The Labute approximate surface area is 106 Å². The van der Waals surface area contributed by atoms with Crippen molar-refractivity contribution in [1.29, 1.82) is 0 Å². The van der Waals surface area contributed by atoms with Crippen LogP contribution in [0.15, 0.2) is 11.0 Å². The highest BCUT2D eigenvalue weighted by Crippen LogP contribution is 2.35. The van der Waals surface area contributed by atoms with E-state index in [0.717, 1.165) is 24.8 Å². The van der Waals surface area contributed by atoms with Crippen LogP contribution in [0.1, 0.15) is 45.6 Å². The van der Waals surface area contributed by atoms with Gasteiger partial charge in [0, 0.05) is 6.20 Å². The third kappa shape index (κ3) is 1.89. The molecule has 98 valence electrons. The molecule has 0 saturated carbocycles. The summed E-state index contributed by atoms with van der Waals surface area (Å²) < 4.78 is 0. The van der Waals surface area contributed by atoms with E-state index in [1.165, 1.54) is 0 Å². The molecule has 1 atom stereocenters. The molecule has 1 unspecified atom stereocenters. The summed E-state index contributed by atoms with van der Waals surface area (Å²) in [6.45, 7) is 6.49. The minimum atomic E-state index is -0.256. The van der Waals surface area contributed by atoms with E-state index in [0.29, 0.717) is 11.0 Å². The smallest absolute Gasteiger partial charge is 0.284 e. The molecular formula is C13H20N4O. The third-order valence-electron chi connectivity index (χ3n) is 3.80. The van der Waals surface area contributed by atoms with E-state index in [9.17, 15) is 4.79 Å². The molecule has 0 fully saturated rings. The van der Waals surface area contributed by atoms with E-state index in [4.69, 9.17) is 5.73 Å². The van der Waals surface area contributed by atoms with Crippen molar-refractivity contribution >= 4 is 17.0 Å². The number of nitrogens with one attached hydrogen (secondary N) is 2. The Bertz CT molecular complexity index is 613. The second kappa shape index (κ2) is 4.48. The molecule has 0 aromatic carbocycles. The maximum absolute atomic E-state index is 12.0. The van der Waals surface area contributed by atoms with E-state index in [-0.39, 0.29) is 16.9 Å². The molecule has 2 rings (SSSR count). The second-order valence-corrected chi connectivity index (χ2v) is 5.04. The van der Waals surface area contributed by atoms with Crippen LogP contribution in [0.25, 0.3) is 11.0 Å². The number of nitrogens with two attached hydrogens (primary N) is 1. The Morgan fingerprint density at radius 3 is 2.78 bits per heavy atom. The Hall–Kier alpha value is -1.78. The average Bonchev–Trinajstić information content (AvgIpc) is 2.73. The number of fused-ring (bicyclic) bond motifs is 1. The molecule has 0 radical (unpaired) electrons. The molecule has 0 spiro atoms. The normalized spacial score (nSPS) is 14.8. The van der Waals surface area contributed by atoms with Crippen molar-refractivity contribution in [3.05, 3.63) is 22.1 Å². The van der Waals surface area contributed by atoms with Crippen LogP contribution >= 0.6 is 0 Å². The van der Waals surface area contributed by atoms with Crippen LogP contribution < -0.4 is 11.3 Å². The first-order valence-electron chi connectivity index (χ1n) is 6.39. The minimum absolute atomic E-state index is 0.00219. The molecule has 0 bridgehead atoms. The Morgan fingerprint density at radius 2 is 2.17 bits per heavy atom. The summed E-state index contributed by atoms with van der Waals surface area (Å²) >= 11 is 0. The van der Waals surface area contributed by atoms with Crippen LogP contribution in [-0.2, 0) is 5.41 Å². The quantitative estimate of drug-likeness (QED) is 0.775. The van der Waals surface area contributed by atoms with Crippen molar-refractivity contribution in [3.63, 3.8) is 0 Å². The maximum Gasteiger partial charge on any atom is 0.284 e. The van der Waals surface area contributed by atoms with Gasteiger partial charge in [-0.25, -0.2) is 0 Å². The zero-order valence-corrected chi connectivity index (χ0v) is 11.1. The first-order chi connectivity index (χ1) is 8.51. The molecule has 2 aromatic heterocycles. The monoisotopic (exact) mass is 248 g/mol. The Balaban J connectivity index is 2.69. The number of hydrogen-bond donors (Lipinski definition) is 3. The summed E-state index contributed by atoms with van der Waals surface area (Å²) in [4.78, 5) is 21.8. The zero-order chi connectivity index (χ0) is 13.3. The molecule has 5 nitrogen and oxygen atoms in total.